The minimum Gasteiger partial charge on any atom is -1.00 e. The Morgan fingerprint density at radius 3 is 2.36 bits per heavy atom. The molecule has 0 fully saturated rings. The molecular formula is C24H22Cl2SiTi. The van der Waals surface area contributed by atoms with Gasteiger partial charge >= 0.3 is 163 Å². The van der Waals surface area contributed by atoms with Gasteiger partial charge in [0.2, 0.25) is 0 Å². The van der Waals surface area contributed by atoms with Crippen molar-refractivity contribution in [2.75, 3.05) is 0 Å². The van der Waals surface area contributed by atoms with Crippen LogP contribution in [0.4, 0.5) is 0 Å². The van der Waals surface area contributed by atoms with Crippen LogP contribution in [0.3, 0.4) is 0 Å². The summed E-state index contributed by atoms with van der Waals surface area (Å²) in [6.45, 7) is 5.10. The molecule has 1 atom stereocenters. The molecule has 0 spiro atoms. The first-order chi connectivity index (χ1) is 12.7. The molecular weight excluding hydrogens is 435 g/mol. The van der Waals surface area contributed by atoms with Crippen LogP contribution in [0.1, 0.15) is 26.5 Å². The van der Waals surface area contributed by atoms with E-state index in [1.165, 1.54) is 22.3 Å². The Kier molecular flexibility index (Phi) is 6.74. The molecule has 0 saturated carbocycles. The van der Waals surface area contributed by atoms with Gasteiger partial charge in [0.1, 0.15) is 0 Å². The van der Waals surface area contributed by atoms with E-state index >= 15 is 0 Å². The topological polar surface area (TPSA) is 0 Å². The molecule has 2 aliphatic rings. The Bertz CT molecular complexity index is 1100. The van der Waals surface area contributed by atoms with Crippen LogP contribution < -0.4 is 28.7 Å². The van der Waals surface area contributed by atoms with E-state index in [0.29, 0.717) is 4.22 Å². The molecule has 3 aromatic rings. The Morgan fingerprint density at radius 2 is 1.54 bits per heavy atom. The molecule has 5 rings (SSSR count). The summed E-state index contributed by atoms with van der Waals surface area (Å²) in [5, 5.41) is 0. The average molecular weight is 457 g/mol. The van der Waals surface area contributed by atoms with Crippen LogP contribution in [0.15, 0.2) is 72.8 Å². The Morgan fingerprint density at radius 1 is 0.821 bits per heavy atom. The van der Waals surface area contributed by atoms with Gasteiger partial charge < -0.3 is 24.8 Å². The molecule has 0 nitrogen and oxygen atoms in total. The number of allylic oxidation sites excluding steroid dienone is 1. The smallest absolute Gasteiger partial charge is 1.00 e. The number of hydrogen-bond donors (Lipinski definition) is 0. The van der Waals surface area contributed by atoms with Crippen LogP contribution in [0.2, 0.25) is 13.1 Å². The van der Waals surface area contributed by atoms with Gasteiger partial charge in [-0.15, -0.1) is 0 Å². The van der Waals surface area contributed by atoms with Gasteiger partial charge in [0.15, 0.2) is 0 Å². The first kappa shape index (κ1) is 21.6. The number of halogens is 2. The minimum atomic E-state index is -1.46. The standard InChI is InChI=1S/C13H9.C9H7.C2H6Si.2ClH.Ti/c1-3-7-12-10(5-1)9-11-6-2-4-8-13(11)12;1-2-5-9-7-3-6-8(9)4-1;1-3-2;;;/h1-5,7-8H,9H2;1-7H;1-2H3;2*1H;/q;;;;;+2/p-2. The van der Waals surface area contributed by atoms with E-state index in [-0.39, 0.29) is 31.0 Å². The molecule has 0 aromatic heterocycles. The molecule has 0 aliphatic heterocycles. The molecule has 4 heteroatoms. The Hall–Kier alpha value is -1.09. The summed E-state index contributed by atoms with van der Waals surface area (Å²) in [5.41, 5.74) is 9.15. The van der Waals surface area contributed by atoms with Gasteiger partial charge in [-0.1, -0.05) is 0 Å². The average Bonchev–Trinajstić information content (AvgIpc) is 3.24. The van der Waals surface area contributed by atoms with Gasteiger partial charge in [0.05, 0.1) is 0 Å². The van der Waals surface area contributed by atoms with E-state index in [1.54, 1.807) is 15.0 Å². The molecule has 3 aromatic carbocycles. The zero-order valence-electron chi connectivity index (χ0n) is 16.0. The van der Waals surface area contributed by atoms with E-state index < -0.39 is 16.6 Å². The summed E-state index contributed by atoms with van der Waals surface area (Å²) in [6, 6.07) is 25.2. The predicted octanol–water partition coefficient (Wildman–Crippen LogP) is -0.471. The number of benzene rings is 3. The molecule has 0 amide bonds. The van der Waals surface area contributed by atoms with Crippen molar-refractivity contribution in [1.29, 1.82) is 0 Å². The maximum Gasteiger partial charge on any atom is -1.00 e. The maximum absolute atomic E-state index is 2.55. The van der Waals surface area contributed by atoms with Crippen LogP contribution in [-0.2, 0) is 23.0 Å². The molecule has 1 unspecified atom stereocenters. The summed E-state index contributed by atoms with van der Waals surface area (Å²) in [7, 11) is 0. The van der Waals surface area contributed by atoms with Crippen LogP contribution in [0, 0.1) is 0 Å². The van der Waals surface area contributed by atoms with Gasteiger partial charge in [0.25, 0.3) is 0 Å². The van der Waals surface area contributed by atoms with Crippen molar-refractivity contribution >= 4 is 16.1 Å². The van der Waals surface area contributed by atoms with E-state index in [4.69, 9.17) is 0 Å². The second-order valence-corrected chi connectivity index (χ2v) is 19.6. The summed E-state index contributed by atoms with van der Waals surface area (Å²) in [4.78, 5) is 0. The molecule has 140 valence electrons. The maximum atomic E-state index is 2.55. The van der Waals surface area contributed by atoms with Gasteiger partial charge in [-0.2, -0.15) is 0 Å². The van der Waals surface area contributed by atoms with E-state index in [0.717, 1.165) is 6.42 Å². The van der Waals surface area contributed by atoms with Gasteiger partial charge in [-0.3, -0.25) is 0 Å². The second kappa shape index (κ2) is 8.73. The quantitative estimate of drug-likeness (QED) is 0.358. The first-order valence-electron chi connectivity index (χ1n) is 9.39. The number of rotatable bonds is 2. The van der Waals surface area contributed by atoms with Crippen LogP contribution in [0.5, 0.6) is 0 Å². The first-order valence-corrected chi connectivity index (χ1v) is 15.9. The molecule has 2 aliphatic carbocycles. The predicted molar refractivity (Wildman–Crippen MR) is 110 cm³/mol. The molecule has 28 heavy (non-hydrogen) atoms. The van der Waals surface area contributed by atoms with Crippen molar-refractivity contribution in [2.24, 2.45) is 0 Å². The van der Waals surface area contributed by atoms with Crippen molar-refractivity contribution in [3.05, 3.63) is 95.1 Å². The third-order valence-corrected chi connectivity index (χ3v) is 17.7. The Balaban J connectivity index is 0.00000112. The second-order valence-electron chi connectivity index (χ2n) is 7.54. The van der Waals surface area contributed by atoms with Crippen molar-refractivity contribution in [3.8, 4) is 11.1 Å². The monoisotopic (exact) mass is 456 g/mol. The van der Waals surface area contributed by atoms with Crippen molar-refractivity contribution in [3.63, 3.8) is 0 Å². The fraction of sp³-hybridized carbons (Fsp3) is 0.167. The zero-order chi connectivity index (χ0) is 17.7. The normalized spacial score (nSPS) is 14.7. The fourth-order valence-corrected chi connectivity index (χ4v) is 16.4. The molecule has 0 saturated heterocycles. The molecule has 0 radical (unpaired) electrons. The summed E-state index contributed by atoms with van der Waals surface area (Å²) >= 11 is -1.46. The Labute approximate surface area is 186 Å². The largest absolute Gasteiger partial charge is 1.00 e. The third kappa shape index (κ3) is 3.49. The van der Waals surface area contributed by atoms with Crippen molar-refractivity contribution < 1.29 is 41.4 Å². The van der Waals surface area contributed by atoms with Crippen LogP contribution in [-0.4, -0.2) is 6.19 Å². The SMILES string of the molecule is C[Si](C)=[Ti+2]([c]1cccc2c1Cc1ccccc1-2)[CH]1C=Cc2ccccc21.[Cl-].[Cl-]. The molecule has 0 heterocycles. The van der Waals surface area contributed by atoms with Crippen molar-refractivity contribution in [2.45, 2.75) is 23.7 Å². The van der Waals surface area contributed by atoms with Crippen LogP contribution >= 0.6 is 0 Å². The van der Waals surface area contributed by atoms with Gasteiger partial charge in [0, 0.05) is 0 Å². The fourth-order valence-electron chi connectivity index (χ4n) is 4.66. The summed E-state index contributed by atoms with van der Waals surface area (Å²) in [5.74, 6) is 0. The van der Waals surface area contributed by atoms with Gasteiger partial charge in [-0.05, 0) is 0 Å². The molecule has 0 N–H and O–H groups in total. The molecule has 0 bridgehead atoms. The van der Waals surface area contributed by atoms with Crippen LogP contribution in [0.25, 0.3) is 17.2 Å². The zero-order valence-corrected chi connectivity index (χ0v) is 20.1. The van der Waals surface area contributed by atoms with Gasteiger partial charge in [-0.25, -0.2) is 0 Å². The van der Waals surface area contributed by atoms with E-state index in [9.17, 15) is 0 Å². The minimum absolute atomic E-state index is 0. The summed E-state index contributed by atoms with van der Waals surface area (Å²) < 4.78 is 2.44. The summed E-state index contributed by atoms with van der Waals surface area (Å²) in [6.07, 6.45) is 5.69. The van der Waals surface area contributed by atoms with E-state index in [1.807, 2.05) is 0 Å². The van der Waals surface area contributed by atoms with Crippen molar-refractivity contribution in [1.82, 2.24) is 0 Å². The number of hydrogen-bond acceptors (Lipinski definition) is 0. The van der Waals surface area contributed by atoms with E-state index in [2.05, 4.69) is 92.0 Å². The number of fused-ring (bicyclic) bond motifs is 4. The third-order valence-electron chi connectivity index (χ3n) is 5.79.